The number of aromatic nitrogens is 2. The van der Waals surface area contributed by atoms with Crippen LogP contribution >= 0.6 is 10.7 Å². The second kappa shape index (κ2) is 4.27. The molecule has 0 saturated heterocycles. The summed E-state index contributed by atoms with van der Waals surface area (Å²) in [6, 6.07) is 3.08. The summed E-state index contributed by atoms with van der Waals surface area (Å²) in [6.07, 6.45) is 1.41. The van der Waals surface area contributed by atoms with E-state index in [1.807, 2.05) is 0 Å². The van der Waals surface area contributed by atoms with Crippen LogP contribution in [0, 0.1) is 5.82 Å². The molecule has 0 radical (unpaired) electrons. The van der Waals surface area contributed by atoms with E-state index in [0.717, 1.165) is 11.9 Å². The van der Waals surface area contributed by atoms with Crippen molar-refractivity contribution in [3.63, 3.8) is 0 Å². The molecular weight excluding hydrogens is 267 g/mol. The molecule has 0 aliphatic rings. The first-order valence-electron chi connectivity index (χ1n) is 4.89. The zero-order valence-corrected chi connectivity index (χ0v) is 10.6. The molecule has 0 amide bonds. The number of halogens is 2. The van der Waals surface area contributed by atoms with Gasteiger partial charge >= 0.3 is 0 Å². The molecule has 92 valence electrons. The molecule has 2 heterocycles. The number of aryl methyl sites for hydroxylation is 2. The van der Waals surface area contributed by atoms with Crippen molar-refractivity contribution in [3.05, 3.63) is 29.8 Å². The van der Waals surface area contributed by atoms with E-state index in [2.05, 4.69) is 4.98 Å². The minimum atomic E-state index is -3.52. The lowest BCUT2D eigenvalue weighted by molar-refractivity contribution is 0.608. The van der Waals surface area contributed by atoms with Gasteiger partial charge in [-0.3, -0.25) is 0 Å². The Kier molecular flexibility index (Phi) is 3.09. The lowest BCUT2D eigenvalue weighted by Crippen LogP contribution is -2.05. The second-order valence-electron chi connectivity index (χ2n) is 3.75. The fourth-order valence-electron chi connectivity index (χ4n) is 1.71. The number of hydrogen-bond donors (Lipinski definition) is 0. The highest BCUT2D eigenvalue weighted by Gasteiger charge is 2.11. The van der Waals surface area contributed by atoms with Crippen LogP contribution in [0.4, 0.5) is 4.39 Å². The predicted molar refractivity (Wildman–Crippen MR) is 64.0 cm³/mol. The quantitative estimate of drug-likeness (QED) is 0.804. The van der Waals surface area contributed by atoms with Gasteiger partial charge in [0.15, 0.2) is 0 Å². The third-order valence-corrected chi connectivity index (χ3v) is 3.69. The van der Waals surface area contributed by atoms with E-state index in [9.17, 15) is 12.8 Å². The molecule has 0 saturated carbocycles. The molecule has 0 aromatic carbocycles. The third-order valence-electron chi connectivity index (χ3n) is 2.53. The normalized spacial score (nSPS) is 12.2. The van der Waals surface area contributed by atoms with E-state index in [-0.39, 0.29) is 12.2 Å². The number of hydrogen-bond acceptors (Lipinski definition) is 3. The smallest absolute Gasteiger partial charge is 0.232 e. The molecule has 4 nitrogen and oxygen atoms in total. The van der Waals surface area contributed by atoms with Crippen LogP contribution in [-0.2, 0) is 22.5 Å². The Labute approximate surface area is 102 Å². The molecule has 0 aliphatic carbocycles. The van der Waals surface area contributed by atoms with Gasteiger partial charge in [0.2, 0.25) is 9.05 Å². The summed E-state index contributed by atoms with van der Waals surface area (Å²) in [6.45, 7) is 0. The van der Waals surface area contributed by atoms with Gasteiger partial charge < -0.3 is 4.57 Å². The largest absolute Gasteiger partial charge is 0.333 e. The van der Waals surface area contributed by atoms with Crippen molar-refractivity contribution >= 4 is 30.8 Å². The maximum Gasteiger partial charge on any atom is 0.232 e. The molecule has 0 aliphatic heterocycles. The Hall–Kier alpha value is -1.14. The number of fused-ring (bicyclic) bond motifs is 1. The van der Waals surface area contributed by atoms with E-state index >= 15 is 0 Å². The highest BCUT2D eigenvalue weighted by atomic mass is 35.7. The minimum absolute atomic E-state index is 0.152. The Bertz CT molecular complexity index is 666. The molecule has 17 heavy (non-hydrogen) atoms. The standard InChI is InChI=1S/C10H10ClFN2O2S/c1-14-9(2-3-17(11,15)16)5-7-4-8(12)6-13-10(7)14/h4-6H,2-3H2,1H3. The number of rotatable bonds is 3. The Balaban J connectivity index is 2.39. The second-order valence-corrected chi connectivity index (χ2v) is 6.65. The van der Waals surface area contributed by atoms with Gasteiger partial charge in [0.25, 0.3) is 0 Å². The van der Waals surface area contributed by atoms with E-state index in [0.29, 0.717) is 11.0 Å². The molecule has 0 bridgehead atoms. The molecule has 0 N–H and O–H groups in total. The summed E-state index contributed by atoms with van der Waals surface area (Å²) in [7, 11) is 3.38. The van der Waals surface area contributed by atoms with Crippen molar-refractivity contribution < 1.29 is 12.8 Å². The predicted octanol–water partition coefficient (Wildman–Crippen LogP) is 1.82. The van der Waals surface area contributed by atoms with Crippen molar-refractivity contribution in [1.82, 2.24) is 9.55 Å². The highest BCUT2D eigenvalue weighted by Crippen LogP contribution is 2.18. The van der Waals surface area contributed by atoms with Crippen LogP contribution in [0.5, 0.6) is 0 Å². The summed E-state index contributed by atoms with van der Waals surface area (Å²) in [5, 5.41) is 0.648. The average Bonchev–Trinajstić information content (AvgIpc) is 2.51. The van der Waals surface area contributed by atoms with Gasteiger partial charge in [-0.25, -0.2) is 17.8 Å². The summed E-state index contributed by atoms with van der Waals surface area (Å²) in [5.74, 6) is -0.569. The van der Waals surface area contributed by atoms with Gasteiger partial charge in [-0.1, -0.05) is 0 Å². The van der Waals surface area contributed by atoms with Crippen molar-refractivity contribution in [2.75, 3.05) is 5.75 Å². The molecule has 2 rings (SSSR count). The number of nitrogens with zero attached hydrogens (tertiary/aromatic N) is 2. The average molecular weight is 277 g/mol. The third kappa shape index (κ3) is 2.76. The Morgan fingerprint density at radius 2 is 2.18 bits per heavy atom. The van der Waals surface area contributed by atoms with Crippen molar-refractivity contribution in [2.45, 2.75) is 6.42 Å². The fraction of sp³-hybridized carbons (Fsp3) is 0.300. The van der Waals surface area contributed by atoms with Gasteiger partial charge in [0.1, 0.15) is 11.5 Å². The van der Waals surface area contributed by atoms with Gasteiger partial charge in [-0.2, -0.15) is 0 Å². The van der Waals surface area contributed by atoms with E-state index in [4.69, 9.17) is 10.7 Å². The zero-order valence-electron chi connectivity index (χ0n) is 9.02. The van der Waals surface area contributed by atoms with Gasteiger partial charge in [0, 0.05) is 35.2 Å². The Morgan fingerprint density at radius 3 is 2.82 bits per heavy atom. The van der Waals surface area contributed by atoms with Crippen LogP contribution in [0.15, 0.2) is 18.3 Å². The van der Waals surface area contributed by atoms with Crippen LogP contribution in [0.1, 0.15) is 5.69 Å². The van der Waals surface area contributed by atoms with Crippen LogP contribution in [0.25, 0.3) is 11.0 Å². The first-order chi connectivity index (χ1) is 7.87. The topological polar surface area (TPSA) is 52.0 Å². The molecule has 0 spiro atoms. The maximum atomic E-state index is 13.0. The summed E-state index contributed by atoms with van der Waals surface area (Å²) in [4.78, 5) is 3.95. The lowest BCUT2D eigenvalue weighted by atomic mass is 10.3. The highest BCUT2D eigenvalue weighted by molar-refractivity contribution is 8.13. The monoisotopic (exact) mass is 276 g/mol. The first kappa shape index (κ1) is 12.3. The molecular formula is C10H10ClFN2O2S. The summed E-state index contributed by atoms with van der Waals surface area (Å²) in [5.41, 5.74) is 1.37. The minimum Gasteiger partial charge on any atom is -0.333 e. The lowest BCUT2D eigenvalue weighted by Gasteiger charge is -2.01. The number of pyridine rings is 1. The maximum absolute atomic E-state index is 13.0. The van der Waals surface area contributed by atoms with Gasteiger partial charge in [-0.05, 0) is 12.1 Å². The molecule has 0 unspecified atom stereocenters. The molecule has 7 heteroatoms. The van der Waals surface area contributed by atoms with Crippen LogP contribution < -0.4 is 0 Å². The SMILES string of the molecule is Cn1c(CCS(=O)(=O)Cl)cc2cc(F)cnc21. The Morgan fingerprint density at radius 1 is 1.47 bits per heavy atom. The van der Waals surface area contributed by atoms with Crippen molar-refractivity contribution in [3.8, 4) is 0 Å². The van der Waals surface area contributed by atoms with Crippen LogP contribution in [0.2, 0.25) is 0 Å². The van der Waals surface area contributed by atoms with Crippen LogP contribution in [0.3, 0.4) is 0 Å². The van der Waals surface area contributed by atoms with Gasteiger partial charge in [-0.15, -0.1) is 0 Å². The zero-order chi connectivity index (χ0) is 12.6. The fourth-order valence-corrected chi connectivity index (χ4v) is 2.40. The van der Waals surface area contributed by atoms with E-state index < -0.39 is 14.9 Å². The summed E-state index contributed by atoms with van der Waals surface area (Å²) < 4.78 is 36.4. The van der Waals surface area contributed by atoms with Crippen molar-refractivity contribution in [2.24, 2.45) is 7.05 Å². The van der Waals surface area contributed by atoms with Crippen LogP contribution in [-0.4, -0.2) is 23.7 Å². The molecule has 2 aromatic rings. The first-order valence-corrected chi connectivity index (χ1v) is 7.37. The molecule has 2 aromatic heterocycles. The summed E-state index contributed by atoms with van der Waals surface area (Å²) >= 11 is 0. The van der Waals surface area contributed by atoms with Crippen molar-refractivity contribution in [1.29, 1.82) is 0 Å². The molecule has 0 fully saturated rings. The van der Waals surface area contributed by atoms with E-state index in [1.54, 1.807) is 17.7 Å². The van der Waals surface area contributed by atoms with E-state index in [1.165, 1.54) is 6.07 Å². The molecule has 0 atom stereocenters. The van der Waals surface area contributed by atoms with Gasteiger partial charge in [0.05, 0.1) is 11.9 Å².